The number of hydrogen-bond donors (Lipinski definition) is 2. The van der Waals surface area contributed by atoms with Crippen LogP contribution >= 0.6 is 0 Å². The van der Waals surface area contributed by atoms with Crippen LogP contribution in [0.5, 0.6) is 5.75 Å². The quantitative estimate of drug-likeness (QED) is 0.682. The van der Waals surface area contributed by atoms with E-state index in [1.807, 2.05) is 6.92 Å². The molecular weight excluding hydrogens is 259 g/mol. The number of para-hydroxylation sites is 1. The molecule has 0 aliphatic heterocycles. The van der Waals surface area contributed by atoms with Gasteiger partial charge in [-0.1, -0.05) is 26.0 Å². The van der Waals surface area contributed by atoms with E-state index in [9.17, 15) is 9.18 Å². The molecule has 2 N–H and O–H groups in total. The zero-order chi connectivity index (χ0) is 14.8. The molecular formula is C15H23FN2O2. The second-order valence-electron chi connectivity index (χ2n) is 4.49. The third kappa shape index (κ3) is 5.57. The monoisotopic (exact) mass is 282 g/mol. The highest BCUT2D eigenvalue weighted by Gasteiger charge is 2.19. The van der Waals surface area contributed by atoms with Gasteiger partial charge in [0.1, 0.15) is 0 Å². The lowest BCUT2D eigenvalue weighted by Crippen LogP contribution is -2.41. The van der Waals surface area contributed by atoms with Gasteiger partial charge in [-0.25, -0.2) is 4.39 Å². The molecule has 0 aromatic heterocycles. The molecule has 1 aromatic carbocycles. The Morgan fingerprint density at radius 2 is 2.00 bits per heavy atom. The Labute approximate surface area is 119 Å². The van der Waals surface area contributed by atoms with Crippen molar-refractivity contribution in [1.29, 1.82) is 0 Å². The summed E-state index contributed by atoms with van der Waals surface area (Å²) in [5.41, 5.74) is 0. The summed E-state index contributed by atoms with van der Waals surface area (Å²) >= 11 is 0. The van der Waals surface area contributed by atoms with Crippen molar-refractivity contribution in [1.82, 2.24) is 10.6 Å². The molecule has 1 atom stereocenters. The number of rotatable bonds is 9. The molecule has 112 valence electrons. The van der Waals surface area contributed by atoms with Crippen molar-refractivity contribution in [3.05, 3.63) is 30.1 Å². The van der Waals surface area contributed by atoms with Crippen LogP contribution in [-0.2, 0) is 4.79 Å². The predicted octanol–water partition coefficient (Wildman–Crippen LogP) is 2.10. The molecule has 1 rings (SSSR count). The molecule has 0 fully saturated rings. The van der Waals surface area contributed by atoms with E-state index in [1.54, 1.807) is 12.1 Å². The Hall–Kier alpha value is -1.62. The zero-order valence-electron chi connectivity index (χ0n) is 12.1. The number of hydrogen-bond acceptors (Lipinski definition) is 3. The lowest BCUT2D eigenvalue weighted by molar-refractivity contribution is -0.128. The van der Waals surface area contributed by atoms with Crippen LogP contribution < -0.4 is 15.4 Å². The SMILES string of the molecule is CCCNCCNC(=O)C(CC)Oc1ccccc1F. The highest BCUT2D eigenvalue weighted by Crippen LogP contribution is 2.17. The minimum Gasteiger partial charge on any atom is -0.478 e. The number of ether oxygens (including phenoxy) is 1. The first-order valence-corrected chi connectivity index (χ1v) is 7.08. The van der Waals surface area contributed by atoms with Crippen LogP contribution in [-0.4, -0.2) is 31.6 Å². The Morgan fingerprint density at radius 3 is 2.65 bits per heavy atom. The van der Waals surface area contributed by atoms with Crippen molar-refractivity contribution in [3.8, 4) is 5.75 Å². The maximum absolute atomic E-state index is 13.5. The highest BCUT2D eigenvalue weighted by molar-refractivity contribution is 5.81. The van der Waals surface area contributed by atoms with Crippen LogP contribution in [0.1, 0.15) is 26.7 Å². The summed E-state index contributed by atoms with van der Waals surface area (Å²) in [6.07, 6.45) is 0.878. The number of carbonyl (C=O) groups is 1. The highest BCUT2D eigenvalue weighted by atomic mass is 19.1. The van der Waals surface area contributed by atoms with E-state index in [1.165, 1.54) is 12.1 Å². The number of amides is 1. The van der Waals surface area contributed by atoms with Gasteiger partial charge >= 0.3 is 0 Å². The van der Waals surface area contributed by atoms with Gasteiger partial charge in [0.15, 0.2) is 17.7 Å². The zero-order valence-corrected chi connectivity index (χ0v) is 12.1. The van der Waals surface area contributed by atoms with E-state index < -0.39 is 11.9 Å². The molecule has 0 aliphatic carbocycles. The van der Waals surface area contributed by atoms with Crippen LogP contribution in [0.15, 0.2) is 24.3 Å². The van der Waals surface area contributed by atoms with E-state index in [0.717, 1.165) is 19.5 Å². The smallest absolute Gasteiger partial charge is 0.261 e. The van der Waals surface area contributed by atoms with Crippen molar-refractivity contribution in [2.45, 2.75) is 32.8 Å². The minimum atomic E-state index is -0.668. The third-order valence-electron chi connectivity index (χ3n) is 2.80. The Kier molecular flexibility index (Phi) is 7.65. The summed E-state index contributed by atoms with van der Waals surface area (Å²) in [4.78, 5) is 11.9. The van der Waals surface area contributed by atoms with Gasteiger partial charge in [-0.15, -0.1) is 0 Å². The van der Waals surface area contributed by atoms with Gasteiger partial charge in [-0.05, 0) is 31.5 Å². The second kappa shape index (κ2) is 9.31. The van der Waals surface area contributed by atoms with Crippen molar-refractivity contribution in [2.24, 2.45) is 0 Å². The first kappa shape index (κ1) is 16.4. The number of carbonyl (C=O) groups excluding carboxylic acids is 1. The van der Waals surface area contributed by atoms with Crippen molar-refractivity contribution >= 4 is 5.91 Å². The molecule has 0 saturated carbocycles. The predicted molar refractivity (Wildman–Crippen MR) is 77.3 cm³/mol. The Morgan fingerprint density at radius 1 is 1.25 bits per heavy atom. The normalized spacial score (nSPS) is 11.9. The second-order valence-corrected chi connectivity index (χ2v) is 4.49. The molecule has 4 nitrogen and oxygen atoms in total. The molecule has 1 unspecified atom stereocenters. The van der Waals surface area contributed by atoms with Crippen molar-refractivity contribution in [2.75, 3.05) is 19.6 Å². The van der Waals surface area contributed by atoms with Gasteiger partial charge in [0.2, 0.25) is 0 Å². The van der Waals surface area contributed by atoms with Gasteiger partial charge in [0.25, 0.3) is 5.91 Å². The fourth-order valence-electron chi connectivity index (χ4n) is 1.71. The van der Waals surface area contributed by atoms with E-state index in [2.05, 4.69) is 17.6 Å². The fraction of sp³-hybridized carbons (Fsp3) is 0.533. The number of nitrogens with one attached hydrogen (secondary N) is 2. The molecule has 1 amide bonds. The van der Waals surface area contributed by atoms with Gasteiger partial charge in [0, 0.05) is 13.1 Å². The first-order valence-electron chi connectivity index (χ1n) is 7.08. The number of benzene rings is 1. The summed E-state index contributed by atoms with van der Waals surface area (Å²) in [6.45, 7) is 6.10. The summed E-state index contributed by atoms with van der Waals surface area (Å²) in [7, 11) is 0. The molecule has 1 aromatic rings. The van der Waals surface area contributed by atoms with E-state index in [4.69, 9.17) is 4.74 Å². The lowest BCUT2D eigenvalue weighted by Gasteiger charge is -2.17. The summed E-state index contributed by atoms with van der Waals surface area (Å²) in [5.74, 6) is -0.559. The van der Waals surface area contributed by atoms with Crippen molar-refractivity contribution in [3.63, 3.8) is 0 Å². The minimum absolute atomic E-state index is 0.110. The van der Waals surface area contributed by atoms with Gasteiger partial charge < -0.3 is 15.4 Å². The first-order chi connectivity index (χ1) is 9.69. The molecule has 20 heavy (non-hydrogen) atoms. The molecule has 0 heterocycles. The maximum Gasteiger partial charge on any atom is 0.261 e. The molecule has 0 aliphatic rings. The van der Waals surface area contributed by atoms with Crippen LogP contribution in [0.3, 0.4) is 0 Å². The summed E-state index contributed by atoms with van der Waals surface area (Å²) < 4.78 is 18.9. The van der Waals surface area contributed by atoms with E-state index in [-0.39, 0.29) is 11.7 Å². The van der Waals surface area contributed by atoms with Crippen LogP contribution in [0, 0.1) is 5.82 Å². The standard InChI is InChI=1S/C15H23FN2O2/c1-3-9-17-10-11-18-15(19)13(4-2)20-14-8-6-5-7-12(14)16/h5-8,13,17H,3-4,9-11H2,1-2H3,(H,18,19). The fourth-order valence-corrected chi connectivity index (χ4v) is 1.71. The van der Waals surface area contributed by atoms with Gasteiger partial charge in [-0.2, -0.15) is 0 Å². The molecule has 0 radical (unpaired) electrons. The van der Waals surface area contributed by atoms with Gasteiger partial charge in [-0.3, -0.25) is 4.79 Å². The average molecular weight is 282 g/mol. The third-order valence-corrected chi connectivity index (χ3v) is 2.80. The molecule has 0 spiro atoms. The lowest BCUT2D eigenvalue weighted by atomic mass is 10.2. The van der Waals surface area contributed by atoms with E-state index >= 15 is 0 Å². The van der Waals surface area contributed by atoms with Crippen LogP contribution in [0.25, 0.3) is 0 Å². The summed E-state index contributed by atoms with van der Waals surface area (Å²) in [6, 6.07) is 6.10. The van der Waals surface area contributed by atoms with Gasteiger partial charge in [0.05, 0.1) is 0 Å². The molecule has 0 bridgehead atoms. The Balaban J connectivity index is 2.41. The van der Waals surface area contributed by atoms with E-state index in [0.29, 0.717) is 13.0 Å². The average Bonchev–Trinajstić information content (AvgIpc) is 2.46. The van der Waals surface area contributed by atoms with Crippen LogP contribution in [0.2, 0.25) is 0 Å². The number of halogens is 1. The topological polar surface area (TPSA) is 50.4 Å². The molecule has 5 heteroatoms. The van der Waals surface area contributed by atoms with Crippen molar-refractivity contribution < 1.29 is 13.9 Å². The maximum atomic E-state index is 13.5. The summed E-state index contributed by atoms with van der Waals surface area (Å²) in [5, 5.41) is 5.97. The Bertz CT molecular complexity index is 413. The largest absolute Gasteiger partial charge is 0.478 e. The van der Waals surface area contributed by atoms with Crippen LogP contribution in [0.4, 0.5) is 4.39 Å². The molecule has 0 saturated heterocycles.